The molecule has 1 N–H and O–H groups in total. The Balaban J connectivity index is 1.55. The lowest BCUT2D eigenvalue weighted by atomic mass is 10.0. The van der Waals surface area contributed by atoms with E-state index in [1.807, 2.05) is 25.1 Å². The highest BCUT2D eigenvalue weighted by Gasteiger charge is 2.20. The molecule has 2 aromatic heterocycles. The van der Waals surface area contributed by atoms with E-state index in [1.165, 1.54) is 33.3 Å². The molecule has 5 nitrogen and oxygen atoms in total. The molecular weight excluding hydrogens is 472 g/mol. The molecule has 0 bridgehead atoms. The summed E-state index contributed by atoms with van der Waals surface area (Å²) in [5, 5.41) is 15.4. The molecule has 0 atom stereocenters. The molecule has 4 aromatic rings. The number of halogens is 1. The third-order valence-corrected chi connectivity index (χ3v) is 7.75. The average molecular weight is 497 g/mol. The first-order chi connectivity index (χ1) is 15.9. The quantitative estimate of drug-likeness (QED) is 0.280. The molecular formula is C25H25ClN4OS2. The first-order valence-corrected chi connectivity index (χ1v) is 12.9. The zero-order valence-electron chi connectivity index (χ0n) is 19.0. The van der Waals surface area contributed by atoms with Crippen LogP contribution in [0.2, 0.25) is 5.02 Å². The molecule has 0 aliphatic rings. The van der Waals surface area contributed by atoms with Gasteiger partial charge in [-0.25, -0.2) is 0 Å². The molecule has 0 aliphatic carbocycles. The van der Waals surface area contributed by atoms with Gasteiger partial charge in [0, 0.05) is 38.6 Å². The predicted octanol–water partition coefficient (Wildman–Crippen LogP) is 7.00. The van der Waals surface area contributed by atoms with Gasteiger partial charge >= 0.3 is 0 Å². The smallest absolute Gasteiger partial charge is 0.234 e. The number of hydrogen-bond acceptors (Lipinski definition) is 5. The summed E-state index contributed by atoms with van der Waals surface area (Å²) in [6, 6.07) is 14.0. The van der Waals surface area contributed by atoms with Crippen molar-refractivity contribution in [3.8, 4) is 22.5 Å². The SMILES string of the molecule is CCn1c(SCC(=O)Nc2cccc(Cl)c2C)nnc1-c1csc(C)c1-c1ccc(C)cc1. The Bertz CT molecular complexity index is 1290. The van der Waals surface area contributed by atoms with Crippen LogP contribution in [0.5, 0.6) is 0 Å². The number of carbonyl (C=O) groups is 1. The highest BCUT2D eigenvalue weighted by molar-refractivity contribution is 7.99. The number of benzene rings is 2. The van der Waals surface area contributed by atoms with Crippen LogP contribution in [0.1, 0.15) is 22.9 Å². The van der Waals surface area contributed by atoms with E-state index in [2.05, 4.69) is 70.5 Å². The Kier molecular flexibility index (Phi) is 7.22. The highest BCUT2D eigenvalue weighted by atomic mass is 35.5. The fraction of sp³-hybridized carbons (Fsp3) is 0.240. The molecule has 8 heteroatoms. The minimum absolute atomic E-state index is 0.107. The van der Waals surface area contributed by atoms with Crippen molar-refractivity contribution in [2.45, 2.75) is 39.4 Å². The van der Waals surface area contributed by atoms with Crippen LogP contribution in [0.15, 0.2) is 53.0 Å². The monoisotopic (exact) mass is 496 g/mol. The lowest BCUT2D eigenvalue weighted by molar-refractivity contribution is -0.113. The van der Waals surface area contributed by atoms with E-state index in [1.54, 1.807) is 11.3 Å². The second-order valence-electron chi connectivity index (χ2n) is 7.75. The maximum absolute atomic E-state index is 12.6. The zero-order chi connectivity index (χ0) is 23.5. The number of thioether (sulfide) groups is 1. The Hall–Kier alpha value is -2.61. The lowest BCUT2D eigenvalue weighted by Gasteiger charge is -2.11. The van der Waals surface area contributed by atoms with Gasteiger partial charge in [-0.1, -0.05) is 59.3 Å². The maximum Gasteiger partial charge on any atom is 0.234 e. The summed E-state index contributed by atoms with van der Waals surface area (Å²) in [5.74, 6) is 0.952. The number of anilines is 1. The number of aromatic nitrogens is 3. The van der Waals surface area contributed by atoms with E-state index in [4.69, 9.17) is 11.6 Å². The van der Waals surface area contributed by atoms with Crippen molar-refractivity contribution >= 4 is 46.3 Å². The largest absolute Gasteiger partial charge is 0.325 e. The van der Waals surface area contributed by atoms with Crippen LogP contribution in [0.3, 0.4) is 0 Å². The molecule has 0 saturated heterocycles. The molecule has 2 aromatic carbocycles. The van der Waals surface area contributed by atoms with Gasteiger partial charge in [-0.3, -0.25) is 4.79 Å². The number of thiophene rings is 1. The second kappa shape index (κ2) is 10.1. The summed E-state index contributed by atoms with van der Waals surface area (Å²) in [4.78, 5) is 13.8. The fourth-order valence-electron chi connectivity index (χ4n) is 3.64. The summed E-state index contributed by atoms with van der Waals surface area (Å²) in [5.41, 5.74) is 6.24. The molecule has 0 fully saturated rings. The van der Waals surface area contributed by atoms with Gasteiger partial charge in [0.2, 0.25) is 5.91 Å². The summed E-state index contributed by atoms with van der Waals surface area (Å²) < 4.78 is 2.07. The Labute approximate surface area is 207 Å². The normalized spacial score (nSPS) is 11.1. The highest BCUT2D eigenvalue weighted by Crippen LogP contribution is 2.39. The van der Waals surface area contributed by atoms with E-state index in [0.717, 1.165) is 27.8 Å². The topological polar surface area (TPSA) is 59.8 Å². The van der Waals surface area contributed by atoms with Crippen molar-refractivity contribution in [2.75, 3.05) is 11.1 Å². The predicted molar refractivity (Wildman–Crippen MR) is 139 cm³/mol. The van der Waals surface area contributed by atoms with Crippen LogP contribution < -0.4 is 5.32 Å². The lowest BCUT2D eigenvalue weighted by Crippen LogP contribution is -2.15. The van der Waals surface area contributed by atoms with Crippen LogP contribution >= 0.6 is 34.7 Å². The van der Waals surface area contributed by atoms with Gasteiger partial charge in [0.25, 0.3) is 0 Å². The van der Waals surface area contributed by atoms with Crippen LogP contribution in [0.4, 0.5) is 5.69 Å². The summed E-state index contributed by atoms with van der Waals surface area (Å²) >= 11 is 9.26. The first-order valence-electron chi connectivity index (χ1n) is 10.7. The van der Waals surface area contributed by atoms with Crippen molar-refractivity contribution in [3.63, 3.8) is 0 Å². The van der Waals surface area contributed by atoms with Gasteiger partial charge in [-0.15, -0.1) is 21.5 Å². The number of amides is 1. The second-order valence-corrected chi connectivity index (χ2v) is 10.2. The molecule has 0 saturated carbocycles. The number of carbonyl (C=O) groups excluding carboxylic acids is 1. The summed E-state index contributed by atoms with van der Waals surface area (Å²) in [7, 11) is 0. The van der Waals surface area contributed by atoms with Gasteiger partial charge < -0.3 is 9.88 Å². The minimum Gasteiger partial charge on any atom is -0.325 e. The van der Waals surface area contributed by atoms with Crippen LogP contribution in [0, 0.1) is 20.8 Å². The number of nitrogens with zero attached hydrogens (tertiary/aromatic N) is 3. The molecule has 0 spiro atoms. The molecule has 33 heavy (non-hydrogen) atoms. The molecule has 4 rings (SSSR count). The first kappa shape index (κ1) is 23.5. The number of aryl methyl sites for hydroxylation is 2. The van der Waals surface area contributed by atoms with Gasteiger partial charge in [0.05, 0.1) is 5.75 Å². The number of nitrogens with one attached hydrogen (secondary N) is 1. The summed E-state index contributed by atoms with van der Waals surface area (Å²) in [6.45, 7) is 8.89. The van der Waals surface area contributed by atoms with Gasteiger partial charge in [-0.2, -0.15) is 0 Å². The Morgan fingerprint density at radius 2 is 1.88 bits per heavy atom. The zero-order valence-corrected chi connectivity index (χ0v) is 21.4. The molecule has 0 unspecified atom stereocenters. The van der Waals surface area contributed by atoms with Crippen molar-refractivity contribution < 1.29 is 4.79 Å². The third-order valence-electron chi connectivity index (χ3n) is 5.46. The van der Waals surface area contributed by atoms with Crippen molar-refractivity contribution in [1.82, 2.24) is 14.8 Å². The van der Waals surface area contributed by atoms with E-state index in [9.17, 15) is 4.79 Å². The molecule has 0 radical (unpaired) electrons. The molecule has 0 aliphatic heterocycles. The van der Waals surface area contributed by atoms with Crippen molar-refractivity contribution in [2.24, 2.45) is 0 Å². The standard InChI is InChI=1S/C25H25ClN4OS2/c1-5-30-24(19-13-32-17(4)23(19)18-11-9-15(2)10-12-18)28-29-25(30)33-14-22(31)27-21-8-6-7-20(26)16(21)3/h6-13H,5,14H2,1-4H3,(H,27,31). The molecule has 1 amide bonds. The van der Waals surface area contributed by atoms with E-state index in [0.29, 0.717) is 11.6 Å². The average Bonchev–Trinajstić information content (AvgIpc) is 3.38. The van der Waals surface area contributed by atoms with Crippen LogP contribution in [-0.4, -0.2) is 26.4 Å². The van der Waals surface area contributed by atoms with Gasteiger partial charge in [0.15, 0.2) is 11.0 Å². The van der Waals surface area contributed by atoms with Gasteiger partial charge in [-0.05, 0) is 51.0 Å². The van der Waals surface area contributed by atoms with Gasteiger partial charge in [0.1, 0.15) is 0 Å². The van der Waals surface area contributed by atoms with E-state index >= 15 is 0 Å². The molecule has 2 heterocycles. The maximum atomic E-state index is 12.6. The Morgan fingerprint density at radius 1 is 1.12 bits per heavy atom. The molecule has 170 valence electrons. The van der Waals surface area contributed by atoms with E-state index < -0.39 is 0 Å². The minimum atomic E-state index is -0.107. The van der Waals surface area contributed by atoms with Crippen molar-refractivity contribution in [3.05, 3.63) is 68.9 Å². The van der Waals surface area contributed by atoms with E-state index in [-0.39, 0.29) is 11.7 Å². The number of hydrogen-bond donors (Lipinski definition) is 1. The Morgan fingerprint density at radius 3 is 2.61 bits per heavy atom. The third kappa shape index (κ3) is 5.00. The van der Waals surface area contributed by atoms with Crippen LogP contribution in [-0.2, 0) is 11.3 Å². The fourth-order valence-corrected chi connectivity index (χ4v) is 5.48. The van der Waals surface area contributed by atoms with Crippen molar-refractivity contribution in [1.29, 1.82) is 0 Å². The summed E-state index contributed by atoms with van der Waals surface area (Å²) in [6.07, 6.45) is 0. The van der Waals surface area contributed by atoms with Crippen LogP contribution in [0.25, 0.3) is 22.5 Å². The number of rotatable bonds is 7.